The fourth-order valence-corrected chi connectivity index (χ4v) is 12.6. The second kappa shape index (κ2) is 15.9. The minimum Gasteiger partial charge on any atom is -0.479 e. The molecule has 352 valence electrons. The van der Waals surface area contributed by atoms with Gasteiger partial charge in [-0.15, -0.1) is 0 Å². The number of anilines is 1. The van der Waals surface area contributed by atoms with Crippen LogP contribution in [0.3, 0.4) is 0 Å². The van der Waals surface area contributed by atoms with Gasteiger partial charge in [-0.25, -0.2) is 4.79 Å². The first-order valence-electron chi connectivity index (χ1n) is 24.0. The molecule has 16 heteroatoms. The molecule has 4 aromatic carbocycles. The van der Waals surface area contributed by atoms with Gasteiger partial charge in [-0.2, -0.15) is 0 Å². The van der Waals surface area contributed by atoms with Gasteiger partial charge in [-0.05, 0) is 85.7 Å². The number of aromatic amines is 1. The Morgan fingerprint density at radius 1 is 0.750 bits per heavy atom. The molecule has 4 atom stereocenters. The van der Waals surface area contributed by atoms with Gasteiger partial charge in [0.2, 0.25) is 0 Å². The van der Waals surface area contributed by atoms with Crippen molar-refractivity contribution < 1.29 is 62.1 Å². The van der Waals surface area contributed by atoms with Crippen LogP contribution in [0.2, 0.25) is 0 Å². The summed E-state index contributed by atoms with van der Waals surface area (Å²) in [5, 5.41) is 17.8. The normalized spacial score (nSPS) is 28.0. The number of fused-ring (bicyclic) bond motifs is 4. The Balaban J connectivity index is 0.828. The van der Waals surface area contributed by atoms with Crippen molar-refractivity contribution >= 4 is 28.5 Å². The van der Waals surface area contributed by atoms with Gasteiger partial charge >= 0.3 is 5.97 Å². The van der Waals surface area contributed by atoms with Gasteiger partial charge in [0.05, 0.1) is 86.3 Å². The highest BCUT2D eigenvalue weighted by Gasteiger charge is 2.73. The monoisotopic (exact) mass is 925 g/mol. The molecule has 16 nitrogen and oxygen atoms in total. The lowest BCUT2D eigenvalue weighted by Crippen LogP contribution is -2.74. The second-order valence-corrected chi connectivity index (χ2v) is 19.5. The minimum absolute atomic E-state index is 0.161. The van der Waals surface area contributed by atoms with Crippen molar-refractivity contribution in [1.82, 2.24) is 9.88 Å². The Labute approximate surface area is 390 Å². The summed E-state index contributed by atoms with van der Waals surface area (Å²) < 4.78 is 60.4. The number of piperidine rings is 1. The summed E-state index contributed by atoms with van der Waals surface area (Å²) >= 11 is 0. The van der Waals surface area contributed by atoms with E-state index < -0.39 is 48.2 Å². The topological polar surface area (TPSA) is 178 Å². The molecule has 0 radical (unpaired) electrons. The number of nitrogens with one attached hydrogen (secondary N) is 2. The number of aromatic nitrogens is 1. The van der Waals surface area contributed by atoms with Crippen LogP contribution in [0.4, 0.5) is 5.69 Å². The summed E-state index contributed by atoms with van der Waals surface area (Å²) in [6.45, 7) is 5.38. The van der Waals surface area contributed by atoms with Gasteiger partial charge in [0.1, 0.15) is 0 Å². The highest BCUT2D eigenvalue weighted by Crippen LogP contribution is 2.69. The number of benzene rings is 4. The molecule has 1 saturated carbocycles. The Bertz CT molecular complexity index is 2870. The first-order chi connectivity index (χ1) is 33.3. The van der Waals surface area contributed by atoms with Crippen LogP contribution in [0.15, 0.2) is 66.7 Å². The maximum atomic E-state index is 14.3. The van der Waals surface area contributed by atoms with Crippen LogP contribution in [0.25, 0.3) is 10.9 Å². The molecule has 3 N–H and O–H groups in total. The van der Waals surface area contributed by atoms with Crippen LogP contribution in [0.1, 0.15) is 116 Å². The van der Waals surface area contributed by atoms with Gasteiger partial charge in [-0.1, -0.05) is 30.3 Å². The molecule has 5 saturated heterocycles. The number of carbonyl (C=O) groups is 2. The fourth-order valence-electron chi connectivity index (χ4n) is 12.6. The number of esters is 1. The van der Waals surface area contributed by atoms with Crippen LogP contribution >= 0.6 is 0 Å². The molecule has 68 heavy (non-hydrogen) atoms. The smallest absolute Gasteiger partial charge is 0.343 e. The molecule has 1 spiro atoms. The fraction of sp³-hybridized carbons (Fsp3) is 0.462. The number of ether oxygens (including phenoxy) is 10. The van der Waals surface area contributed by atoms with E-state index in [-0.39, 0.29) is 17.7 Å². The lowest BCUT2D eigenvalue weighted by Gasteiger charge is -2.62. The number of carbonyl (C=O) groups excluding carboxylic acids is 2. The van der Waals surface area contributed by atoms with Crippen molar-refractivity contribution in [3.05, 3.63) is 122 Å². The van der Waals surface area contributed by atoms with Gasteiger partial charge < -0.3 is 62.8 Å². The number of aliphatic hydroxyl groups is 1. The number of rotatable bonds is 10. The molecule has 6 aliphatic heterocycles. The lowest BCUT2D eigenvalue weighted by atomic mass is 9.49. The van der Waals surface area contributed by atoms with E-state index in [9.17, 15) is 14.7 Å². The highest BCUT2D eigenvalue weighted by atomic mass is 16.7. The summed E-state index contributed by atoms with van der Waals surface area (Å²) in [7, 11) is 0. The van der Waals surface area contributed by atoms with Gasteiger partial charge in [0.25, 0.3) is 5.91 Å². The van der Waals surface area contributed by atoms with Crippen LogP contribution in [0.5, 0.6) is 11.5 Å². The predicted octanol–water partition coefficient (Wildman–Crippen LogP) is 6.52. The van der Waals surface area contributed by atoms with Crippen molar-refractivity contribution in [1.29, 1.82) is 0 Å². The van der Waals surface area contributed by atoms with E-state index >= 15 is 0 Å². The lowest BCUT2D eigenvalue weighted by molar-refractivity contribution is -0.173. The minimum atomic E-state index is -1.22. The summed E-state index contributed by atoms with van der Waals surface area (Å²) in [6.07, 6.45) is 0.954. The van der Waals surface area contributed by atoms with Gasteiger partial charge in [0.15, 0.2) is 42.8 Å². The Hall–Kier alpha value is -5.24. The molecule has 9 aliphatic rings. The average Bonchev–Trinajstić information content (AvgIpc) is 4.12. The van der Waals surface area contributed by atoms with E-state index in [1.807, 2.05) is 36.4 Å². The van der Waals surface area contributed by atoms with Crippen LogP contribution in [-0.4, -0.2) is 104 Å². The molecule has 1 aromatic heterocycles. The summed E-state index contributed by atoms with van der Waals surface area (Å²) in [5.41, 5.74) is 6.62. The third kappa shape index (κ3) is 6.36. The second-order valence-electron chi connectivity index (χ2n) is 19.5. The number of hydrogen-bond acceptors (Lipinski definition) is 14. The van der Waals surface area contributed by atoms with E-state index in [0.29, 0.717) is 112 Å². The molecule has 6 fully saturated rings. The summed E-state index contributed by atoms with van der Waals surface area (Å²) in [5.74, 6) is 0.512. The van der Waals surface area contributed by atoms with E-state index in [1.165, 1.54) is 12.8 Å². The number of para-hydroxylation sites is 1. The largest absolute Gasteiger partial charge is 0.479 e. The Morgan fingerprint density at radius 3 is 2.01 bits per heavy atom. The standard InChI is InChI=1S/C52H51N3O13/c56-45(29-6-9-32(47-59-14-15-60-47)34(22-29)49-63-18-19-64-49)53-37-3-1-2-31-36-25-52(58)39-24-28-8-11-38(67-46(57)30-7-10-33(48-61-16-17-62-48)35(23-30)50-65-20-21-66-50)43-40(28)51(52,12-13-55(39)26-27-4-5-27)44(68-43)42(36)54-41(31)37/h1-3,6-11,22-23,27,39,44,47-50,54,58H,4-5,12-21,24-26H2,(H,53,56)/t39-,44-,51-,52+/m0/s1. The van der Waals surface area contributed by atoms with E-state index in [4.69, 9.17) is 47.4 Å². The first-order valence-corrected chi connectivity index (χ1v) is 24.0. The molecule has 1 amide bonds. The van der Waals surface area contributed by atoms with E-state index in [2.05, 4.69) is 21.3 Å². The van der Waals surface area contributed by atoms with Crippen molar-refractivity contribution in [2.75, 3.05) is 71.3 Å². The maximum absolute atomic E-state index is 14.3. The maximum Gasteiger partial charge on any atom is 0.343 e. The van der Waals surface area contributed by atoms with E-state index in [0.717, 1.165) is 57.5 Å². The zero-order valence-corrected chi connectivity index (χ0v) is 37.3. The van der Waals surface area contributed by atoms with Crippen molar-refractivity contribution in [3.63, 3.8) is 0 Å². The third-order valence-corrected chi connectivity index (χ3v) is 15.8. The quantitative estimate of drug-likeness (QED) is 0.102. The van der Waals surface area contributed by atoms with Crippen LogP contribution in [0, 0.1) is 5.92 Å². The summed E-state index contributed by atoms with van der Waals surface area (Å²) in [6, 6.07) is 20.2. The number of likely N-dealkylation sites (tertiary alicyclic amines) is 1. The molecular weight excluding hydrogens is 875 g/mol. The average molecular weight is 926 g/mol. The number of amides is 1. The molecule has 3 aliphatic carbocycles. The number of H-pyrrole nitrogens is 1. The van der Waals surface area contributed by atoms with Crippen molar-refractivity contribution in [3.8, 4) is 11.5 Å². The SMILES string of the molecule is O=C(Nc1cccc2c3c([nH]c12)[C@@H]1Oc2c(OC(=O)c4ccc(C5OCCO5)c(C5OCCO5)c4)ccc4c2[C@@]12CCN(CC1CC1)[C@@H](C4)[C@]2(O)C3)c1ccc(C2OCCO2)c(C2OCCO2)c1. The zero-order valence-electron chi connectivity index (χ0n) is 37.3. The van der Waals surface area contributed by atoms with Gasteiger partial charge in [0, 0.05) is 57.8 Å². The first kappa shape index (κ1) is 41.7. The molecule has 5 aromatic rings. The van der Waals surface area contributed by atoms with Crippen LogP contribution < -0.4 is 14.8 Å². The van der Waals surface area contributed by atoms with Crippen molar-refractivity contribution in [2.45, 2.75) is 80.4 Å². The van der Waals surface area contributed by atoms with E-state index in [1.54, 1.807) is 24.3 Å². The van der Waals surface area contributed by atoms with Gasteiger partial charge in [-0.3, -0.25) is 9.69 Å². The van der Waals surface area contributed by atoms with Crippen LogP contribution in [-0.2, 0) is 56.2 Å². The number of nitrogens with zero attached hydrogens (tertiary/aromatic N) is 1. The predicted molar refractivity (Wildman–Crippen MR) is 239 cm³/mol. The van der Waals surface area contributed by atoms with Crippen molar-refractivity contribution in [2.24, 2.45) is 5.92 Å². The molecule has 2 bridgehead atoms. The number of hydrogen-bond donors (Lipinski definition) is 3. The molecule has 14 rings (SSSR count). The molecule has 7 heterocycles. The summed E-state index contributed by atoms with van der Waals surface area (Å²) in [4.78, 5) is 34.8. The zero-order chi connectivity index (χ0) is 45.3. The molecule has 0 unspecified atom stereocenters. The molecular formula is C52H51N3O13. The highest BCUT2D eigenvalue weighted by molar-refractivity contribution is 6.09. The third-order valence-electron chi connectivity index (χ3n) is 15.8. The Kier molecular flexibility index (Phi) is 9.75. The Morgan fingerprint density at radius 2 is 1.37 bits per heavy atom.